The molecule has 1 aromatic rings. The molecule has 3 heteroatoms. The van der Waals surface area contributed by atoms with Gasteiger partial charge in [-0.1, -0.05) is 0 Å². The monoisotopic (exact) mass is 380 g/mol. The third-order valence-corrected chi connectivity index (χ3v) is 12.1. The van der Waals surface area contributed by atoms with Crippen LogP contribution in [0.5, 0.6) is 0 Å². The molecule has 0 saturated heterocycles. The van der Waals surface area contributed by atoms with Crippen LogP contribution < -0.4 is 7.22 Å². The van der Waals surface area contributed by atoms with Crippen molar-refractivity contribution < 1.29 is 4.74 Å². The van der Waals surface area contributed by atoms with Gasteiger partial charge in [0.05, 0.1) is 0 Å². The predicted molar refractivity (Wildman–Crippen MR) is 48.0 cm³/mol. The van der Waals surface area contributed by atoms with Crippen molar-refractivity contribution in [3.05, 3.63) is 24.3 Å². The van der Waals surface area contributed by atoms with Gasteiger partial charge in [-0.05, 0) is 0 Å². The van der Waals surface area contributed by atoms with Crippen LogP contribution in [0.25, 0.3) is 0 Å². The molecule has 0 radical (unpaired) electrons. The van der Waals surface area contributed by atoms with E-state index in [9.17, 15) is 0 Å². The number of hydrogen-bond donors (Lipinski definition) is 0. The molecule has 0 spiro atoms. The first-order valence-electron chi connectivity index (χ1n) is 3.35. The number of methoxy groups -OCH3 is 1. The van der Waals surface area contributed by atoms with Crippen LogP contribution in [-0.4, -0.2) is 51.2 Å². The van der Waals surface area contributed by atoms with Crippen LogP contribution in [0.3, 0.4) is 0 Å². The first-order chi connectivity index (χ1) is 5.40. The van der Waals surface area contributed by atoms with Crippen LogP contribution in [0.2, 0.25) is 0 Å². The quantitative estimate of drug-likeness (QED) is 0.590. The minimum absolute atomic E-state index is 0.0183. The maximum atomic E-state index is 5.41. The van der Waals surface area contributed by atoms with E-state index in [4.69, 9.17) is 4.74 Å². The zero-order chi connectivity index (χ0) is 7.68. The molecular weight excluding hydrogens is 367 g/mol. The van der Waals surface area contributed by atoms with Gasteiger partial charge in [-0.2, -0.15) is 0 Å². The van der Waals surface area contributed by atoms with Crippen LogP contribution in [0.4, 0.5) is 0 Å². The molecule has 58 valence electrons. The van der Waals surface area contributed by atoms with Crippen molar-refractivity contribution in [1.29, 1.82) is 0 Å². The van der Waals surface area contributed by atoms with Gasteiger partial charge in [0, 0.05) is 0 Å². The van der Waals surface area contributed by atoms with Crippen LogP contribution in [0, 0.1) is 0 Å². The van der Waals surface area contributed by atoms with E-state index in [1.54, 1.807) is 7.22 Å². The number of benzene rings is 1. The molecule has 0 atom stereocenters. The second-order valence-corrected chi connectivity index (χ2v) is 11.4. The average Bonchev–Trinajstić information content (AvgIpc) is 2.46. The van der Waals surface area contributed by atoms with E-state index in [1.807, 2.05) is 7.11 Å². The maximum absolute atomic E-state index is 5.41. The van der Waals surface area contributed by atoms with Crippen molar-refractivity contribution in [3.8, 4) is 0 Å². The number of hydrogen-bond acceptors (Lipinski definition) is 1. The standard InChI is InChI=1S/C8H8OTe2/c1-9-8-10-6-4-2-3-5-7(6)11-8/h2-5,8H,1H3. The van der Waals surface area contributed by atoms with E-state index in [-0.39, 0.29) is 41.8 Å². The average molecular weight is 375 g/mol. The summed E-state index contributed by atoms with van der Waals surface area (Å²) < 4.78 is 9.38. The van der Waals surface area contributed by atoms with Crippen molar-refractivity contribution in [2.24, 2.45) is 0 Å². The van der Waals surface area contributed by atoms with Gasteiger partial charge >= 0.3 is 87.4 Å². The SMILES string of the molecule is COC1[Te]c2ccccc2[Te]1. The van der Waals surface area contributed by atoms with E-state index in [0.29, 0.717) is 2.20 Å². The molecule has 0 unspecified atom stereocenters. The molecule has 1 aliphatic rings. The topological polar surface area (TPSA) is 9.23 Å². The second-order valence-electron chi connectivity index (χ2n) is 2.21. The van der Waals surface area contributed by atoms with Gasteiger partial charge in [-0.3, -0.25) is 0 Å². The third kappa shape index (κ3) is 1.74. The molecule has 2 rings (SSSR count). The van der Waals surface area contributed by atoms with Gasteiger partial charge in [0.1, 0.15) is 0 Å². The third-order valence-electron chi connectivity index (χ3n) is 1.49. The molecule has 11 heavy (non-hydrogen) atoms. The molecule has 0 N–H and O–H groups in total. The van der Waals surface area contributed by atoms with Gasteiger partial charge in [0.25, 0.3) is 0 Å². The fourth-order valence-electron chi connectivity index (χ4n) is 0.973. The Morgan fingerprint density at radius 2 is 1.73 bits per heavy atom. The molecule has 1 nitrogen and oxygen atoms in total. The molecule has 0 amide bonds. The number of rotatable bonds is 1. The summed E-state index contributed by atoms with van der Waals surface area (Å²) in [6, 6.07) is 8.85. The summed E-state index contributed by atoms with van der Waals surface area (Å²) >= 11 is 0.0366. The van der Waals surface area contributed by atoms with E-state index in [2.05, 4.69) is 24.3 Å². The molecule has 1 aliphatic heterocycles. The zero-order valence-electron chi connectivity index (χ0n) is 6.11. The van der Waals surface area contributed by atoms with Crippen molar-refractivity contribution >= 4 is 49.1 Å². The van der Waals surface area contributed by atoms with E-state index < -0.39 is 0 Å². The first-order valence-corrected chi connectivity index (χ1v) is 8.37. The summed E-state index contributed by atoms with van der Waals surface area (Å²) in [6.45, 7) is 0. The van der Waals surface area contributed by atoms with Gasteiger partial charge in [0.2, 0.25) is 0 Å². The Balaban J connectivity index is 2.27. The Morgan fingerprint density at radius 3 is 2.18 bits per heavy atom. The van der Waals surface area contributed by atoms with E-state index in [0.717, 1.165) is 0 Å². The second kappa shape index (κ2) is 3.65. The summed E-state index contributed by atoms with van der Waals surface area (Å²) in [5.74, 6) is 0. The summed E-state index contributed by atoms with van der Waals surface area (Å²) in [4.78, 5) is 0. The Hall–Kier alpha value is 0.759. The Labute approximate surface area is 86.7 Å². The normalized spacial score (nSPS) is 16.8. The summed E-state index contributed by atoms with van der Waals surface area (Å²) in [5.41, 5.74) is 0. The van der Waals surface area contributed by atoms with Gasteiger partial charge < -0.3 is 0 Å². The molecular formula is C8H8OTe2. The summed E-state index contributed by atoms with van der Waals surface area (Å²) in [5, 5.41) is 0. The molecule has 0 saturated carbocycles. The fraction of sp³-hybridized carbons (Fsp3) is 0.250. The first kappa shape index (κ1) is 8.36. The van der Waals surface area contributed by atoms with E-state index in [1.165, 1.54) is 0 Å². The Morgan fingerprint density at radius 1 is 1.18 bits per heavy atom. The predicted octanol–water partition coefficient (Wildman–Crippen LogP) is -0.711. The van der Waals surface area contributed by atoms with Gasteiger partial charge in [-0.25, -0.2) is 0 Å². The molecule has 1 aromatic carbocycles. The zero-order valence-corrected chi connectivity index (χ0v) is 10.8. The van der Waals surface area contributed by atoms with Crippen molar-refractivity contribution in [3.63, 3.8) is 0 Å². The molecule has 0 aliphatic carbocycles. The summed E-state index contributed by atoms with van der Waals surface area (Å²) in [6.07, 6.45) is 0. The number of ether oxygens (including phenoxy) is 1. The van der Waals surface area contributed by atoms with E-state index >= 15 is 0 Å². The Bertz CT molecular complexity index is 237. The van der Waals surface area contributed by atoms with Crippen LogP contribution in [0.1, 0.15) is 0 Å². The molecule has 0 fully saturated rings. The van der Waals surface area contributed by atoms with Crippen LogP contribution in [-0.2, 0) is 4.74 Å². The minimum atomic E-state index is 0.0183. The molecule has 1 heterocycles. The van der Waals surface area contributed by atoms with Gasteiger partial charge in [0.15, 0.2) is 0 Å². The van der Waals surface area contributed by atoms with Crippen LogP contribution in [0.15, 0.2) is 24.3 Å². The Kier molecular flexibility index (Phi) is 2.77. The molecule has 0 bridgehead atoms. The van der Waals surface area contributed by atoms with Crippen molar-refractivity contribution in [2.45, 2.75) is 2.20 Å². The van der Waals surface area contributed by atoms with Crippen LogP contribution >= 0.6 is 0 Å². The fourth-order valence-corrected chi connectivity index (χ4v) is 11.5. The summed E-state index contributed by atoms with van der Waals surface area (Å²) in [7, 11) is 1.85. The number of fused-ring (bicyclic) bond motifs is 1. The van der Waals surface area contributed by atoms with Gasteiger partial charge in [-0.15, -0.1) is 0 Å². The molecule has 0 aromatic heterocycles. The van der Waals surface area contributed by atoms with Crippen molar-refractivity contribution in [2.75, 3.05) is 7.11 Å². The van der Waals surface area contributed by atoms with Crippen molar-refractivity contribution in [1.82, 2.24) is 0 Å².